The summed E-state index contributed by atoms with van der Waals surface area (Å²) < 4.78 is 0. The lowest BCUT2D eigenvalue weighted by Crippen LogP contribution is -2.54. The van der Waals surface area contributed by atoms with Crippen LogP contribution in [0.5, 0.6) is 0 Å². The first-order valence-electron chi connectivity index (χ1n) is 7.34. The molecule has 1 aliphatic carbocycles. The number of carbonyl (C=O) groups excluding carboxylic acids is 1. The normalized spacial score (nSPS) is 44.1. The predicted octanol–water partition coefficient (Wildman–Crippen LogP) is 1.73. The van der Waals surface area contributed by atoms with Crippen LogP contribution < -0.4 is 5.32 Å². The zero-order valence-corrected chi connectivity index (χ0v) is 12.2. The van der Waals surface area contributed by atoms with Crippen molar-refractivity contribution in [2.45, 2.75) is 50.4 Å². The van der Waals surface area contributed by atoms with E-state index < -0.39 is 0 Å². The molecule has 3 fully saturated rings. The lowest BCUT2D eigenvalue weighted by molar-refractivity contribution is -0.136. The summed E-state index contributed by atoms with van der Waals surface area (Å²) in [5.74, 6) is 2.86. The van der Waals surface area contributed by atoms with Gasteiger partial charge in [-0.15, -0.1) is 0 Å². The van der Waals surface area contributed by atoms with Crippen LogP contribution in [-0.4, -0.2) is 47.0 Å². The van der Waals surface area contributed by atoms with E-state index in [1.54, 1.807) is 0 Å². The van der Waals surface area contributed by atoms with E-state index in [9.17, 15) is 4.79 Å². The van der Waals surface area contributed by atoms with Gasteiger partial charge in [0.05, 0.1) is 6.04 Å². The van der Waals surface area contributed by atoms with E-state index in [-0.39, 0.29) is 6.04 Å². The van der Waals surface area contributed by atoms with Gasteiger partial charge in [0.15, 0.2) is 0 Å². The Morgan fingerprint density at radius 2 is 2.17 bits per heavy atom. The second-order valence-corrected chi connectivity index (χ2v) is 7.57. The maximum absolute atomic E-state index is 12.8. The first kappa shape index (κ1) is 12.8. The van der Waals surface area contributed by atoms with Crippen molar-refractivity contribution in [2.24, 2.45) is 11.8 Å². The van der Waals surface area contributed by atoms with Crippen LogP contribution in [0.15, 0.2) is 0 Å². The Kier molecular flexibility index (Phi) is 3.59. The van der Waals surface area contributed by atoms with Gasteiger partial charge in [0, 0.05) is 23.6 Å². The van der Waals surface area contributed by atoms with E-state index in [2.05, 4.69) is 24.1 Å². The first-order valence-corrected chi connectivity index (χ1v) is 8.39. The van der Waals surface area contributed by atoms with Gasteiger partial charge in [-0.05, 0) is 38.1 Å². The van der Waals surface area contributed by atoms with Crippen molar-refractivity contribution >= 4 is 17.7 Å². The van der Waals surface area contributed by atoms with E-state index >= 15 is 0 Å². The predicted molar refractivity (Wildman–Crippen MR) is 75.7 cm³/mol. The quantitative estimate of drug-likeness (QED) is 0.786. The summed E-state index contributed by atoms with van der Waals surface area (Å²) in [4.78, 5) is 14.9. The summed E-state index contributed by atoms with van der Waals surface area (Å²) in [6, 6.07) is 0.508. The highest BCUT2D eigenvalue weighted by Crippen LogP contribution is 2.39. The summed E-state index contributed by atoms with van der Waals surface area (Å²) >= 11 is 2.00. The molecule has 3 aliphatic rings. The molecule has 0 aromatic carbocycles. The lowest BCUT2D eigenvalue weighted by atomic mass is 9.93. The average Bonchev–Trinajstić information content (AvgIpc) is 2.94. The van der Waals surface area contributed by atoms with Crippen LogP contribution >= 0.6 is 11.8 Å². The highest BCUT2D eigenvalue weighted by molar-refractivity contribution is 8.00. The number of carbonyl (C=O) groups is 1. The van der Waals surface area contributed by atoms with Gasteiger partial charge in [-0.1, -0.05) is 13.3 Å². The third kappa shape index (κ3) is 2.07. The fourth-order valence-corrected chi connectivity index (χ4v) is 4.98. The Balaban J connectivity index is 1.70. The molecule has 2 saturated heterocycles. The molecule has 4 heteroatoms. The summed E-state index contributed by atoms with van der Waals surface area (Å²) in [5.41, 5.74) is 0. The second-order valence-electron chi connectivity index (χ2n) is 6.09. The summed E-state index contributed by atoms with van der Waals surface area (Å²) in [6.45, 7) is 6.45. The minimum absolute atomic E-state index is 0.121. The van der Waals surface area contributed by atoms with Gasteiger partial charge < -0.3 is 10.2 Å². The number of nitrogens with one attached hydrogen (secondary N) is 1. The topological polar surface area (TPSA) is 32.3 Å². The number of hydrogen-bond acceptors (Lipinski definition) is 3. The molecule has 0 spiro atoms. The standard InChI is InChI=1S/C14H24N2OS/c1-9-10(2)18-7-6-16(9)14(17)13-12-5-3-4-11(12)8-15-13/h9-13,15H,3-8H2,1-2H3. The fraction of sp³-hybridized carbons (Fsp3) is 0.929. The van der Waals surface area contributed by atoms with Crippen molar-refractivity contribution < 1.29 is 4.79 Å². The van der Waals surface area contributed by atoms with Crippen molar-refractivity contribution in [1.82, 2.24) is 10.2 Å². The molecule has 0 aromatic heterocycles. The summed E-state index contributed by atoms with van der Waals surface area (Å²) in [7, 11) is 0. The van der Waals surface area contributed by atoms with E-state index in [4.69, 9.17) is 0 Å². The SMILES string of the molecule is CC1SCCN(C(=O)C2NCC3CCCC32)C1C. The maximum Gasteiger partial charge on any atom is 0.240 e. The van der Waals surface area contributed by atoms with Crippen LogP contribution in [0.3, 0.4) is 0 Å². The minimum atomic E-state index is 0.121. The number of fused-ring (bicyclic) bond motifs is 1. The molecule has 0 aromatic rings. The molecular weight excluding hydrogens is 244 g/mol. The smallest absolute Gasteiger partial charge is 0.240 e. The summed E-state index contributed by atoms with van der Waals surface area (Å²) in [5, 5.41) is 4.07. The van der Waals surface area contributed by atoms with Crippen LogP contribution in [0.1, 0.15) is 33.1 Å². The van der Waals surface area contributed by atoms with E-state index in [1.165, 1.54) is 19.3 Å². The highest BCUT2D eigenvalue weighted by Gasteiger charge is 2.45. The van der Waals surface area contributed by atoms with Crippen LogP contribution in [0.4, 0.5) is 0 Å². The molecule has 5 unspecified atom stereocenters. The molecule has 0 radical (unpaired) electrons. The van der Waals surface area contributed by atoms with Crippen LogP contribution in [-0.2, 0) is 4.79 Å². The minimum Gasteiger partial charge on any atom is -0.337 e. The average molecular weight is 268 g/mol. The zero-order valence-electron chi connectivity index (χ0n) is 11.4. The molecular formula is C14H24N2OS. The van der Waals surface area contributed by atoms with Crippen LogP contribution in [0.25, 0.3) is 0 Å². The number of thioether (sulfide) groups is 1. The Hall–Kier alpha value is -0.220. The van der Waals surface area contributed by atoms with Gasteiger partial charge in [-0.2, -0.15) is 11.8 Å². The van der Waals surface area contributed by atoms with Crippen molar-refractivity contribution in [2.75, 3.05) is 18.8 Å². The van der Waals surface area contributed by atoms with Crippen molar-refractivity contribution in [3.63, 3.8) is 0 Å². The number of hydrogen-bond donors (Lipinski definition) is 1. The van der Waals surface area contributed by atoms with Gasteiger partial charge in [-0.25, -0.2) is 0 Å². The molecule has 2 aliphatic heterocycles. The third-order valence-electron chi connectivity index (χ3n) is 5.18. The Labute approximate surface area is 114 Å². The molecule has 3 rings (SSSR count). The highest BCUT2D eigenvalue weighted by atomic mass is 32.2. The van der Waals surface area contributed by atoms with Crippen LogP contribution in [0.2, 0.25) is 0 Å². The number of amides is 1. The second kappa shape index (κ2) is 5.04. The van der Waals surface area contributed by atoms with E-state index in [0.29, 0.717) is 23.1 Å². The largest absolute Gasteiger partial charge is 0.337 e. The zero-order chi connectivity index (χ0) is 12.7. The molecule has 2 heterocycles. The first-order chi connectivity index (χ1) is 8.68. The van der Waals surface area contributed by atoms with Crippen molar-refractivity contribution in [3.05, 3.63) is 0 Å². The molecule has 5 atom stereocenters. The van der Waals surface area contributed by atoms with Crippen molar-refractivity contribution in [3.8, 4) is 0 Å². The molecule has 1 saturated carbocycles. The Morgan fingerprint density at radius 1 is 1.33 bits per heavy atom. The molecule has 0 bridgehead atoms. The molecule has 102 valence electrons. The van der Waals surface area contributed by atoms with Gasteiger partial charge in [-0.3, -0.25) is 4.79 Å². The Bertz CT molecular complexity index is 330. The van der Waals surface area contributed by atoms with Gasteiger partial charge >= 0.3 is 0 Å². The monoisotopic (exact) mass is 268 g/mol. The van der Waals surface area contributed by atoms with E-state index in [1.807, 2.05) is 11.8 Å². The number of nitrogens with zero attached hydrogens (tertiary/aromatic N) is 1. The van der Waals surface area contributed by atoms with Gasteiger partial charge in [0.25, 0.3) is 0 Å². The number of rotatable bonds is 1. The molecule has 18 heavy (non-hydrogen) atoms. The summed E-state index contributed by atoms with van der Waals surface area (Å²) in [6.07, 6.45) is 3.90. The fourth-order valence-electron chi connectivity index (χ4n) is 3.88. The molecule has 3 nitrogen and oxygen atoms in total. The van der Waals surface area contributed by atoms with Crippen LogP contribution in [0, 0.1) is 11.8 Å². The maximum atomic E-state index is 12.8. The third-order valence-corrected chi connectivity index (χ3v) is 6.52. The Morgan fingerprint density at radius 3 is 3.00 bits per heavy atom. The van der Waals surface area contributed by atoms with Gasteiger partial charge in [0.1, 0.15) is 0 Å². The van der Waals surface area contributed by atoms with Crippen molar-refractivity contribution in [1.29, 1.82) is 0 Å². The van der Waals surface area contributed by atoms with E-state index in [0.717, 1.165) is 24.8 Å². The van der Waals surface area contributed by atoms with Gasteiger partial charge in [0.2, 0.25) is 5.91 Å². The molecule has 1 amide bonds. The molecule has 1 N–H and O–H groups in total. The lowest BCUT2D eigenvalue weighted by Gasteiger charge is -2.39.